The number of pyridine rings is 1. The van der Waals surface area contributed by atoms with Crippen LogP contribution in [-0.2, 0) is 4.79 Å². The van der Waals surface area contributed by atoms with Gasteiger partial charge in [0, 0.05) is 11.7 Å². The maximum Gasteiger partial charge on any atom is 0.267 e. The van der Waals surface area contributed by atoms with Crippen molar-refractivity contribution in [2.24, 2.45) is 5.92 Å². The van der Waals surface area contributed by atoms with E-state index in [9.17, 15) is 9.59 Å². The van der Waals surface area contributed by atoms with E-state index < -0.39 is 0 Å². The van der Waals surface area contributed by atoms with Gasteiger partial charge in [-0.05, 0) is 56.9 Å². The molecule has 2 aromatic heterocycles. The Labute approximate surface area is 181 Å². The minimum Gasteiger partial charge on any atom is -0.353 e. The Morgan fingerprint density at radius 1 is 1.07 bits per heavy atom. The van der Waals surface area contributed by atoms with Gasteiger partial charge in [0.15, 0.2) is 5.16 Å². The Balaban J connectivity index is 1.86. The third-order valence-corrected chi connectivity index (χ3v) is 5.70. The molecule has 0 saturated carbocycles. The van der Waals surface area contributed by atoms with Crippen LogP contribution in [0.3, 0.4) is 0 Å². The minimum absolute atomic E-state index is 0.0672. The number of amides is 1. The molecule has 1 amide bonds. The van der Waals surface area contributed by atoms with Gasteiger partial charge in [-0.15, -0.1) is 0 Å². The molecule has 0 bridgehead atoms. The molecular weight excluding hydrogens is 396 g/mol. The molecule has 30 heavy (non-hydrogen) atoms. The number of rotatable bonds is 8. The summed E-state index contributed by atoms with van der Waals surface area (Å²) in [5, 5.41) is 4.02. The van der Waals surface area contributed by atoms with E-state index in [1.54, 1.807) is 12.1 Å². The quantitative estimate of drug-likeness (QED) is 0.435. The van der Waals surface area contributed by atoms with E-state index in [0.717, 1.165) is 18.5 Å². The van der Waals surface area contributed by atoms with Crippen LogP contribution in [-0.4, -0.2) is 32.2 Å². The molecule has 158 valence electrons. The van der Waals surface area contributed by atoms with Crippen molar-refractivity contribution in [3.63, 3.8) is 0 Å². The van der Waals surface area contributed by atoms with E-state index in [4.69, 9.17) is 0 Å². The summed E-state index contributed by atoms with van der Waals surface area (Å²) in [5.41, 5.74) is 1.23. The average Bonchev–Trinajstić information content (AvgIpc) is 2.71. The summed E-state index contributed by atoms with van der Waals surface area (Å²) in [5.74, 6) is 1.23. The standard InChI is InChI=1S/C23H28N4O2S/c1-15(2)12-13-17(4)25-21(28)14-30-23-26-19-10-6-5-9-18(19)22(29)27(23)20-11-7-8-16(3)24-20/h5-11,15,17H,12-14H2,1-4H3,(H,25,28)/t17-/m1/s1. The number of aryl methyl sites for hydroxylation is 1. The van der Waals surface area contributed by atoms with Gasteiger partial charge in [-0.25, -0.2) is 14.5 Å². The molecule has 0 aliphatic heterocycles. The summed E-state index contributed by atoms with van der Waals surface area (Å²) >= 11 is 1.25. The molecule has 0 saturated heterocycles. The molecule has 1 atom stereocenters. The molecular formula is C23H28N4O2S. The van der Waals surface area contributed by atoms with Crippen molar-refractivity contribution in [2.45, 2.75) is 51.7 Å². The molecule has 0 radical (unpaired) electrons. The molecule has 2 heterocycles. The fraction of sp³-hybridized carbons (Fsp3) is 0.391. The monoisotopic (exact) mass is 424 g/mol. The molecule has 6 nitrogen and oxygen atoms in total. The highest BCUT2D eigenvalue weighted by atomic mass is 32.2. The fourth-order valence-corrected chi connectivity index (χ4v) is 3.98. The third-order valence-electron chi connectivity index (χ3n) is 4.76. The lowest BCUT2D eigenvalue weighted by atomic mass is 10.0. The van der Waals surface area contributed by atoms with E-state index in [1.165, 1.54) is 16.3 Å². The number of nitrogens with one attached hydrogen (secondary N) is 1. The summed E-state index contributed by atoms with van der Waals surface area (Å²) in [7, 11) is 0. The van der Waals surface area contributed by atoms with E-state index in [-0.39, 0.29) is 23.3 Å². The number of aromatic nitrogens is 3. The second kappa shape index (κ2) is 9.89. The Morgan fingerprint density at radius 3 is 2.57 bits per heavy atom. The van der Waals surface area contributed by atoms with Gasteiger partial charge in [0.05, 0.1) is 16.7 Å². The van der Waals surface area contributed by atoms with Crippen LogP contribution in [0.25, 0.3) is 16.7 Å². The van der Waals surface area contributed by atoms with Crippen LogP contribution in [0.2, 0.25) is 0 Å². The van der Waals surface area contributed by atoms with Crippen molar-refractivity contribution in [1.29, 1.82) is 0 Å². The second-order valence-electron chi connectivity index (χ2n) is 7.92. The second-order valence-corrected chi connectivity index (χ2v) is 8.86. The molecule has 0 spiro atoms. The SMILES string of the molecule is Cc1cccc(-n2c(SCC(=O)N[C@H](C)CCC(C)C)nc3ccccc3c2=O)n1. The van der Waals surface area contributed by atoms with Crippen LogP contribution in [0, 0.1) is 12.8 Å². The molecule has 0 aliphatic rings. The first-order valence-corrected chi connectivity index (χ1v) is 11.2. The highest BCUT2D eigenvalue weighted by molar-refractivity contribution is 7.99. The smallest absolute Gasteiger partial charge is 0.267 e. The molecule has 7 heteroatoms. The van der Waals surface area contributed by atoms with Crippen LogP contribution in [0.4, 0.5) is 0 Å². The predicted octanol–water partition coefficient (Wildman–Crippen LogP) is 4.12. The van der Waals surface area contributed by atoms with Crippen LogP contribution in [0.15, 0.2) is 52.4 Å². The van der Waals surface area contributed by atoms with Gasteiger partial charge in [0.1, 0.15) is 5.82 Å². The molecule has 0 unspecified atom stereocenters. The number of benzene rings is 1. The van der Waals surface area contributed by atoms with Gasteiger partial charge >= 0.3 is 0 Å². The fourth-order valence-electron chi connectivity index (χ4n) is 3.17. The van der Waals surface area contributed by atoms with Crippen molar-refractivity contribution in [2.75, 3.05) is 5.75 Å². The van der Waals surface area contributed by atoms with Gasteiger partial charge in [-0.1, -0.05) is 43.8 Å². The average molecular weight is 425 g/mol. The van der Waals surface area contributed by atoms with Gasteiger partial charge in [-0.3, -0.25) is 9.59 Å². The maximum absolute atomic E-state index is 13.2. The summed E-state index contributed by atoms with van der Waals surface area (Å²) < 4.78 is 1.50. The van der Waals surface area contributed by atoms with Crippen LogP contribution >= 0.6 is 11.8 Å². The zero-order valence-electron chi connectivity index (χ0n) is 17.9. The topological polar surface area (TPSA) is 76.9 Å². The van der Waals surface area contributed by atoms with Crippen molar-refractivity contribution >= 4 is 28.6 Å². The number of fused-ring (bicyclic) bond motifs is 1. The highest BCUT2D eigenvalue weighted by Gasteiger charge is 2.16. The van der Waals surface area contributed by atoms with Crippen molar-refractivity contribution in [3.05, 3.63) is 58.5 Å². The van der Waals surface area contributed by atoms with Gasteiger partial charge < -0.3 is 5.32 Å². The zero-order valence-corrected chi connectivity index (χ0v) is 18.7. The van der Waals surface area contributed by atoms with Crippen molar-refractivity contribution in [3.8, 4) is 5.82 Å². The highest BCUT2D eigenvalue weighted by Crippen LogP contribution is 2.20. The van der Waals surface area contributed by atoms with Crippen LogP contribution < -0.4 is 10.9 Å². The Hall–Kier alpha value is -2.67. The van der Waals surface area contributed by atoms with E-state index in [0.29, 0.717) is 27.8 Å². The zero-order chi connectivity index (χ0) is 21.7. The minimum atomic E-state index is -0.188. The number of nitrogens with zero attached hydrogens (tertiary/aromatic N) is 3. The number of carbonyl (C=O) groups is 1. The van der Waals surface area contributed by atoms with Crippen LogP contribution in [0.5, 0.6) is 0 Å². The summed E-state index contributed by atoms with van der Waals surface area (Å²) in [6, 6.07) is 12.9. The Bertz CT molecular complexity index is 1090. The number of carbonyl (C=O) groups excluding carboxylic acids is 1. The number of hydrogen-bond donors (Lipinski definition) is 1. The van der Waals surface area contributed by atoms with Gasteiger partial charge in [-0.2, -0.15) is 0 Å². The van der Waals surface area contributed by atoms with Crippen molar-refractivity contribution < 1.29 is 4.79 Å². The third kappa shape index (κ3) is 5.48. The molecule has 1 aromatic carbocycles. The number of para-hydroxylation sites is 1. The molecule has 0 aliphatic carbocycles. The van der Waals surface area contributed by atoms with E-state index in [2.05, 4.69) is 29.1 Å². The molecule has 0 fully saturated rings. The largest absolute Gasteiger partial charge is 0.353 e. The lowest BCUT2D eigenvalue weighted by Gasteiger charge is -2.16. The summed E-state index contributed by atoms with van der Waals surface area (Å²) in [6.07, 6.45) is 2.01. The first kappa shape index (κ1) is 22.0. The first-order valence-electron chi connectivity index (χ1n) is 10.2. The Kier molecular flexibility index (Phi) is 7.26. The van der Waals surface area contributed by atoms with Crippen molar-refractivity contribution in [1.82, 2.24) is 19.9 Å². The lowest BCUT2D eigenvalue weighted by molar-refractivity contribution is -0.119. The maximum atomic E-state index is 13.2. The lowest BCUT2D eigenvalue weighted by Crippen LogP contribution is -2.34. The first-order chi connectivity index (χ1) is 14.3. The van der Waals surface area contributed by atoms with E-state index >= 15 is 0 Å². The molecule has 3 rings (SSSR count). The number of thioether (sulfide) groups is 1. The van der Waals surface area contributed by atoms with E-state index in [1.807, 2.05) is 44.2 Å². The normalized spacial score (nSPS) is 12.3. The Morgan fingerprint density at radius 2 is 1.83 bits per heavy atom. The van der Waals surface area contributed by atoms with Gasteiger partial charge in [0.25, 0.3) is 5.56 Å². The summed E-state index contributed by atoms with van der Waals surface area (Å²) in [4.78, 5) is 34.8. The van der Waals surface area contributed by atoms with Crippen LogP contribution in [0.1, 0.15) is 39.3 Å². The molecule has 1 N–H and O–H groups in total. The molecule has 3 aromatic rings. The predicted molar refractivity (Wildman–Crippen MR) is 122 cm³/mol. The number of hydrogen-bond acceptors (Lipinski definition) is 5. The summed E-state index contributed by atoms with van der Waals surface area (Å²) in [6.45, 7) is 8.25. The van der Waals surface area contributed by atoms with Gasteiger partial charge in [0.2, 0.25) is 5.91 Å².